The van der Waals surface area contributed by atoms with E-state index in [-0.39, 0.29) is 41.7 Å². The first kappa shape index (κ1) is 14.4. The second kappa shape index (κ2) is 5.15. The van der Waals surface area contributed by atoms with Crippen LogP contribution in [0.5, 0.6) is 11.5 Å². The number of hydrogen-bond donors (Lipinski definition) is 1. The Morgan fingerprint density at radius 3 is 2.83 bits per heavy atom. The highest BCUT2D eigenvalue weighted by Crippen LogP contribution is 2.57. The number of rotatable bonds is 4. The highest BCUT2D eigenvalue weighted by Gasteiger charge is 2.63. The number of esters is 1. The minimum atomic E-state index is -0.304. The number of carbonyl (C=O) groups is 2. The number of anilines is 1. The van der Waals surface area contributed by atoms with E-state index in [1.54, 1.807) is 32.4 Å². The maximum Gasteiger partial charge on any atom is 0.310 e. The summed E-state index contributed by atoms with van der Waals surface area (Å²) in [7, 11) is 3.12. The van der Waals surface area contributed by atoms with Crippen LogP contribution in [0.15, 0.2) is 18.2 Å². The van der Waals surface area contributed by atoms with Crippen molar-refractivity contribution in [2.75, 3.05) is 19.5 Å². The van der Waals surface area contributed by atoms with Gasteiger partial charge in [0.25, 0.3) is 0 Å². The normalized spacial score (nSPS) is 33.5. The summed E-state index contributed by atoms with van der Waals surface area (Å²) in [6, 6.07) is 5.24. The zero-order valence-corrected chi connectivity index (χ0v) is 13.1. The fourth-order valence-corrected chi connectivity index (χ4v) is 4.49. The molecule has 2 bridgehead atoms. The van der Waals surface area contributed by atoms with Gasteiger partial charge in [0.05, 0.1) is 31.7 Å². The van der Waals surface area contributed by atoms with Gasteiger partial charge in [0.1, 0.15) is 17.6 Å². The monoisotopic (exact) mass is 317 g/mol. The molecule has 23 heavy (non-hydrogen) atoms. The molecule has 3 fully saturated rings. The molecule has 1 amide bonds. The Balaban J connectivity index is 1.58. The van der Waals surface area contributed by atoms with Crippen molar-refractivity contribution in [2.24, 2.45) is 23.7 Å². The molecule has 1 saturated heterocycles. The van der Waals surface area contributed by atoms with Crippen molar-refractivity contribution in [3.8, 4) is 11.5 Å². The van der Waals surface area contributed by atoms with Gasteiger partial charge in [0, 0.05) is 12.0 Å². The zero-order chi connectivity index (χ0) is 16.1. The molecule has 0 spiro atoms. The van der Waals surface area contributed by atoms with Crippen LogP contribution in [0.2, 0.25) is 0 Å². The van der Waals surface area contributed by atoms with Gasteiger partial charge in [-0.1, -0.05) is 0 Å². The first-order valence-electron chi connectivity index (χ1n) is 7.85. The summed E-state index contributed by atoms with van der Waals surface area (Å²) >= 11 is 0. The standard InChI is InChI=1S/C17H19NO5/c1-21-9-3-4-12(22-2)11(7-9)18-16(19)14-8-5-10-13(6-8)23-17(20)15(10)14/h3-4,7-8,10,13-15H,5-6H2,1-2H3,(H,18,19)/t8-,10-,13-,14-,15+/m1/s1. The topological polar surface area (TPSA) is 73.9 Å². The lowest BCUT2D eigenvalue weighted by Gasteiger charge is -2.24. The van der Waals surface area contributed by atoms with Crippen molar-refractivity contribution in [3.63, 3.8) is 0 Å². The molecule has 1 heterocycles. The molecular formula is C17H19NO5. The van der Waals surface area contributed by atoms with Gasteiger partial charge >= 0.3 is 5.97 Å². The van der Waals surface area contributed by atoms with Crippen LogP contribution in [-0.4, -0.2) is 32.2 Å². The molecule has 1 aliphatic heterocycles. The summed E-state index contributed by atoms with van der Waals surface area (Å²) < 4.78 is 15.9. The molecule has 0 unspecified atom stereocenters. The van der Waals surface area contributed by atoms with Gasteiger partial charge in [-0.2, -0.15) is 0 Å². The summed E-state index contributed by atoms with van der Waals surface area (Å²) in [6.07, 6.45) is 1.75. The van der Waals surface area contributed by atoms with Gasteiger partial charge < -0.3 is 19.5 Å². The second-order valence-electron chi connectivity index (χ2n) is 6.48. The van der Waals surface area contributed by atoms with E-state index in [4.69, 9.17) is 14.2 Å². The van der Waals surface area contributed by atoms with Gasteiger partial charge in [-0.25, -0.2) is 0 Å². The number of amides is 1. The van der Waals surface area contributed by atoms with Gasteiger partial charge in [0.2, 0.25) is 5.91 Å². The summed E-state index contributed by atoms with van der Waals surface area (Å²) in [5.74, 6) is 0.721. The van der Waals surface area contributed by atoms with Gasteiger partial charge in [-0.05, 0) is 30.9 Å². The smallest absolute Gasteiger partial charge is 0.310 e. The van der Waals surface area contributed by atoms with Crippen molar-refractivity contribution in [2.45, 2.75) is 18.9 Å². The fourth-order valence-electron chi connectivity index (χ4n) is 4.49. The molecule has 2 aliphatic carbocycles. The first-order chi connectivity index (χ1) is 11.1. The Labute approximate surface area is 134 Å². The number of fused-ring (bicyclic) bond motifs is 1. The molecule has 2 saturated carbocycles. The molecule has 6 nitrogen and oxygen atoms in total. The lowest BCUT2D eigenvalue weighted by Crippen LogP contribution is -2.35. The van der Waals surface area contributed by atoms with E-state index >= 15 is 0 Å². The maximum atomic E-state index is 12.8. The average molecular weight is 317 g/mol. The Morgan fingerprint density at radius 2 is 2.09 bits per heavy atom. The van der Waals surface area contributed by atoms with Crippen molar-refractivity contribution < 1.29 is 23.8 Å². The minimum absolute atomic E-state index is 0.0351. The van der Waals surface area contributed by atoms with Crippen LogP contribution in [-0.2, 0) is 14.3 Å². The first-order valence-corrected chi connectivity index (χ1v) is 7.85. The number of methoxy groups -OCH3 is 2. The third-order valence-corrected chi connectivity index (χ3v) is 5.45. The van der Waals surface area contributed by atoms with E-state index < -0.39 is 0 Å². The molecule has 5 atom stereocenters. The summed E-state index contributed by atoms with van der Waals surface area (Å²) in [5.41, 5.74) is 0.558. The van der Waals surface area contributed by atoms with E-state index in [9.17, 15) is 9.59 Å². The molecular weight excluding hydrogens is 298 g/mol. The molecule has 0 radical (unpaired) electrons. The number of benzene rings is 1. The lowest BCUT2D eigenvalue weighted by molar-refractivity contribution is -0.145. The third kappa shape index (κ3) is 2.08. The summed E-state index contributed by atoms with van der Waals surface area (Å²) in [6.45, 7) is 0. The van der Waals surface area contributed by atoms with Crippen LogP contribution < -0.4 is 14.8 Å². The maximum absolute atomic E-state index is 12.8. The van der Waals surface area contributed by atoms with E-state index in [1.807, 2.05) is 0 Å². The Kier molecular flexibility index (Phi) is 3.21. The van der Waals surface area contributed by atoms with E-state index in [2.05, 4.69) is 5.32 Å². The van der Waals surface area contributed by atoms with Crippen LogP contribution in [0.25, 0.3) is 0 Å². The highest BCUT2D eigenvalue weighted by molar-refractivity contribution is 5.98. The van der Waals surface area contributed by atoms with Crippen LogP contribution >= 0.6 is 0 Å². The van der Waals surface area contributed by atoms with E-state index in [0.717, 1.165) is 12.8 Å². The predicted molar refractivity (Wildman–Crippen MR) is 81.2 cm³/mol. The Morgan fingerprint density at radius 1 is 1.26 bits per heavy atom. The van der Waals surface area contributed by atoms with Gasteiger partial charge in [-0.15, -0.1) is 0 Å². The molecule has 1 aromatic carbocycles. The van der Waals surface area contributed by atoms with Crippen LogP contribution in [0.3, 0.4) is 0 Å². The van der Waals surface area contributed by atoms with Crippen molar-refractivity contribution in [1.29, 1.82) is 0 Å². The molecule has 1 N–H and O–H groups in total. The Bertz CT molecular complexity index is 671. The van der Waals surface area contributed by atoms with Crippen molar-refractivity contribution in [3.05, 3.63) is 18.2 Å². The average Bonchev–Trinajstić information content (AvgIpc) is 3.16. The number of hydrogen-bond acceptors (Lipinski definition) is 5. The molecule has 122 valence electrons. The molecule has 4 rings (SSSR count). The van der Waals surface area contributed by atoms with E-state index in [0.29, 0.717) is 17.2 Å². The SMILES string of the molecule is COc1ccc(OC)c(NC(=O)[C@@H]2[C@@H]3C[C@H]4[C@@H]2C(=O)O[C@@H]4C3)c1. The van der Waals surface area contributed by atoms with Crippen LogP contribution in [0, 0.1) is 23.7 Å². The lowest BCUT2D eigenvalue weighted by atomic mass is 9.79. The summed E-state index contributed by atoms with van der Waals surface area (Å²) in [5, 5.41) is 2.91. The quantitative estimate of drug-likeness (QED) is 0.858. The second-order valence-corrected chi connectivity index (χ2v) is 6.48. The summed E-state index contributed by atoms with van der Waals surface area (Å²) in [4.78, 5) is 24.8. The van der Waals surface area contributed by atoms with Crippen LogP contribution in [0.1, 0.15) is 12.8 Å². The van der Waals surface area contributed by atoms with Crippen molar-refractivity contribution in [1.82, 2.24) is 0 Å². The predicted octanol–water partition coefficient (Wildman–Crippen LogP) is 1.84. The molecule has 0 aromatic heterocycles. The van der Waals surface area contributed by atoms with Gasteiger partial charge in [-0.3, -0.25) is 9.59 Å². The van der Waals surface area contributed by atoms with Gasteiger partial charge in [0.15, 0.2) is 0 Å². The number of carbonyl (C=O) groups excluding carboxylic acids is 2. The largest absolute Gasteiger partial charge is 0.497 e. The molecule has 3 aliphatic rings. The number of ether oxygens (including phenoxy) is 3. The zero-order valence-electron chi connectivity index (χ0n) is 13.1. The highest BCUT2D eigenvalue weighted by atomic mass is 16.6. The number of nitrogens with one attached hydrogen (secondary N) is 1. The Hall–Kier alpha value is -2.24. The molecule has 1 aromatic rings. The molecule has 6 heteroatoms. The fraction of sp³-hybridized carbons (Fsp3) is 0.529. The van der Waals surface area contributed by atoms with Crippen molar-refractivity contribution >= 4 is 17.6 Å². The third-order valence-electron chi connectivity index (χ3n) is 5.45. The minimum Gasteiger partial charge on any atom is -0.497 e. The van der Waals surface area contributed by atoms with Crippen LogP contribution in [0.4, 0.5) is 5.69 Å². The van der Waals surface area contributed by atoms with E-state index in [1.165, 1.54) is 0 Å².